The van der Waals surface area contributed by atoms with Crippen LogP contribution in [0.2, 0.25) is 5.02 Å². The minimum Gasteiger partial charge on any atom is -0.496 e. The van der Waals surface area contributed by atoms with Crippen LogP contribution >= 0.6 is 11.6 Å². The number of aromatic amines is 1. The number of halogens is 1. The topological polar surface area (TPSA) is 55.0 Å². The van der Waals surface area contributed by atoms with Gasteiger partial charge in [0.25, 0.3) is 0 Å². The number of aromatic nitrogens is 2. The van der Waals surface area contributed by atoms with E-state index in [0.717, 1.165) is 0 Å². The second-order valence-electron chi connectivity index (χ2n) is 2.73. The fraction of sp³-hybridized carbons (Fsp3) is 0.111. The molecule has 0 radical (unpaired) electrons. The van der Waals surface area contributed by atoms with E-state index in [9.17, 15) is 4.79 Å². The Labute approximate surface area is 84.8 Å². The SMILES string of the molecule is COc1ccc(Cl)c2n[nH]c(C=O)c12. The lowest BCUT2D eigenvalue weighted by atomic mass is 10.2. The van der Waals surface area contributed by atoms with Crippen LogP contribution in [0.25, 0.3) is 10.9 Å². The molecule has 0 fully saturated rings. The van der Waals surface area contributed by atoms with Crippen LogP contribution in [0.5, 0.6) is 5.75 Å². The van der Waals surface area contributed by atoms with Crippen LogP contribution in [0.1, 0.15) is 10.5 Å². The van der Waals surface area contributed by atoms with E-state index in [1.54, 1.807) is 12.1 Å². The van der Waals surface area contributed by atoms with Gasteiger partial charge < -0.3 is 4.74 Å². The second-order valence-corrected chi connectivity index (χ2v) is 3.14. The number of nitrogens with zero attached hydrogens (tertiary/aromatic N) is 1. The van der Waals surface area contributed by atoms with Gasteiger partial charge in [-0.3, -0.25) is 9.89 Å². The van der Waals surface area contributed by atoms with Crippen LogP contribution in [-0.2, 0) is 0 Å². The van der Waals surface area contributed by atoms with E-state index >= 15 is 0 Å². The summed E-state index contributed by atoms with van der Waals surface area (Å²) in [6.07, 6.45) is 0.689. The number of aldehydes is 1. The first-order valence-corrected chi connectivity index (χ1v) is 4.31. The Morgan fingerprint density at radius 1 is 1.57 bits per heavy atom. The van der Waals surface area contributed by atoms with Crippen LogP contribution in [-0.4, -0.2) is 23.6 Å². The monoisotopic (exact) mass is 210 g/mol. The Morgan fingerprint density at radius 2 is 2.36 bits per heavy atom. The van der Waals surface area contributed by atoms with Crippen LogP contribution in [0.4, 0.5) is 0 Å². The van der Waals surface area contributed by atoms with E-state index in [4.69, 9.17) is 16.3 Å². The zero-order chi connectivity index (χ0) is 10.1. The van der Waals surface area contributed by atoms with Crippen molar-refractivity contribution in [2.45, 2.75) is 0 Å². The molecule has 0 saturated heterocycles. The number of hydrogen-bond acceptors (Lipinski definition) is 3. The molecule has 2 rings (SSSR count). The molecule has 0 aliphatic heterocycles. The molecule has 1 heterocycles. The lowest BCUT2D eigenvalue weighted by Crippen LogP contribution is -1.86. The Morgan fingerprint density at radius 3 is 3.00 bits per heavy atom. The highest BCUT2D eigenvalue weighted by molar-refractivity contribution is 6.35. The first kappa shape index (κ1) is 9.02. The normalized spacial score (nSPS) is 10.4. The van der Waals surface area contributed by atoms with E-state index in [1.165, 1.54) is 7.11 Å². The van der Waals surface area contributed by atoms with Crippen LogP contribution in [0.15, 0.2) is 12.1 Å². The summed E-state index contributed by atoms with van der Waals surface area (Å²) in [4.78, 5) is 10.7. The van der Waals surface area contributed by atoms with Crippen molar-refractivity contribution in [3.05, 3.63) is 22.8 Å². The van der Waals surface area contributed by atoms with Crippen molar-refractivity contribution in [1.29, 1.82) is 0 Å². The predicted molar refractivity (Wildman–Crippen MR) is 53.0 cm³/mol. The van der Waals surface area contributed by atoms with E-state index < -0.39 is 0 Å². The highest BCUT2D eigenvalue weighted by Crippen LogP contribution is 2.31. The van der Waals surface area contributed by atoms with Gasteiger partial charge in [-0.25, -0.2) is 0 Å². The molecule has 14 heavy (non-hydrogen) atoms. The van der Waals surface area contributed by atoms with Gasteiger partial charge in [0.2, 0.25) is 0 Å². The lowest BCUT2D eigenvalue weighted by Gasteiger charge is -2.01. The zero-order valence-electron chi connectivity index (χ0n) is 7.37. The highest BCUT2D eigenvalue weighted by atomic mass is 35.5. The maximum absolute atomic E-state index is 10.7. The van der Waals surface area contributed by atoms with Crippen molar-refractivity contribution in [2.75, 3.05) is 7.11 Å². The molecule has 1 aromatic carbocycles. The smallest absolute Gasteiger partial charge is 0.168 e. The van der Waals surface area contributed by atoms with E-state index in [2.05, 4.69) is 10.2 Å². The summed E-state index contributed by atoms with van der Waals surface area (Å²) in [7, 11) is 1.53. The van der Waals surface area contributed by atoms with Gasteiger partial charge in [0, 0.05) is 0 Å². The van der Waals surface area contributed by atoms with Gasteiger partial charge in [-0.15, -0.1) is 0 Å². The van der Waals surface area contributed by atoms with Gasteiger partial charge in [0.05, 0.1) is 17.5 Å². The number of carbonyl (C=O) groups is 1. The van der Waals surface area contributed by atoms with Crippen molar-refractivity contribution < 1.29 is 9.53 Å². The van der Waals surface area contributed by atoms with Crippen LogP contribution in [0.3, 0.4) is 0 Å². The van der Waals surface area contributed by atoms with Gasteiger partial charge in [-0.1, -0.05) is 11.6 Å². The largest absolute Gasteiger partial charge is 0.496 e. The van der Waals surface area contributed by atoms with Crippen molar-refractivity contribution in [2.24, 2.45) is 0 Å². The quantitative estimate of drug-likeness (QED) is 0.772. The van der Waals surface area contributed by atoms with Gasteiger partial charge >= 0.3 is 0 Å². The van der Waals surface area contributed by atoms with Gasteiger partial charge in [0.15, 0.2) is 6.29 Å². The van der Waals surface area contributed by atoms with Crippen molar-refractivity contribution in [1.82, 2.24) is 10.2 Å². The third-order valence-corrected chi connectivity index (χ3v) is 2.29. The first-order chi connectivity index (χ1) is 6.77. The lowest BCUT2D eigenvalue weighted by molar-refractivity contribution is 0.112. The van der Waals surface area contributed by atoms with E-state index in [-0.39, 0.29) is 0 Å². The Bertz CT molecular complexity index is 493. The first-order valence-electron chi connectivity index (χ1n) is 3.93. The molecule has 5 heteroatoms. The van der Waals surface area contributed by atoms with E-state index in [0.29, 0.717) is 33.7 Å². The number of fused-ring (bicyclic) bond motifs is 1. The van der Waals surface area contributed by atoms with Gasteiger partial charge in [-0.2, -0.15) is 5.10 Å². The number of rotatable bonds is 2. The number of benzene rings is 1. The number of hydrogen-bond donors (Lipinski definition) is 1. The van der Waals surface area contributed by atoms with Crippen molar-refractivity contribution in [3.63, 3.8) is 0 Å². The fourth-order valence-electron chi connectivity index (χ4n) is 1.34. The van der Waals surface area contributed by atoms with Crippen LogP contribution < -0.4 is 4.74 Å². The molecule has 4 nitrogen and oxygen atoms in total. The molecule has 1 aromatic heterocycles. The average Bonchev–Trinajstić information content (AvgIpc) is 2.63. The molecular formula is C9H7ClN2O2. The maximum Gasteiger partial charge on any atom is 0.168 e. The standard InChI is InChI=1S/C9H7ClN2O2/c1-14-7-3-2-5(10)9-8(7)6(4-13)11-12-9/h2-4H,1H3,(H,11,12). The third-order valence-electron chi connectivity index (χ3n) is 1.99. The van der Waals surface area contributed by atoms with Gasteiger partial charge in [0.1, 0.15) is 17.0 Å². The summed E-state index contributed by atoms with van der Waals surface area (Å²) in [6.45, 7) is 0. The minimum absolute atomic E-state index is 0.374. The molecule has 0 atom stereocenters. The maximum atomic E-state index is 10.7. The summed E-state index contributed by atoms with van der Waals surface area (Å²) in [5.74, 6) is 0.584. The van der Waals surface area contributed by atoms with Crippen LogP contribution in [0, 0.1) is 0 Å². The minimum atomic E-state index is 0.374. The molecule has 0 aliphatic rings. The highest BCUT2D eigenvalue weighted by Gasteiger charge is 2.12. The molecule has 0 amide bonds. The van der Waals surface area contributed by atoms with Gasteiger partial charge in [-0.05, 0) is 12.1 Å². The molecule has 0 saturated carbocycles. The number of ether oxygens (including phenoxy) is 1. The van der Waals surface area contributed by atoms with Crippen molar-refractivity contribution in [3.8, 4) is 5.75 Å². The molecule has 0 bridgehead atoms. The summed E-state index contributed by atoms with van der Waals surface area (Å²) >= 11 is 5.90. The molecule has 0 unspecified atom stereocenters. The third kappa shape index (κ3) is 1.15. The predicted octanol–water partition coefficient (Wildman–Crippen LogP) is 2.04. The zero-order valence-corrected chi connectivity index (χ0v) is 8.13. The molecule has 0 spiro atoms. The Kier molecular flexibility index (Phi) is 2.13. The molecular weight excluding hydrogens is 204 g/mol. The van der Waals surface area contributed by atoms with Crippen molar-refractivity contribution >= 4 is 28.8 Å². The second kappa shape index (κ2) is 3.31. The summed E-state index contributed by atoms with van der Waals surface area (Å²) in [5.41, 5.74) is 0.924. The molecule has 2 aromatic rings. The molecule has 0 aliphatic carbocycles. The number of H-pyrrole nitrogens is 1. The van der Waals surface area contributed by atoms with E-state index in [1.807, 2.05) is 0 Å². The average molecular weight is 211 g/mol. The number of carbonyl (C=O) groups excluding carboxylic acids is 1. The Hall–Kier alpha value is -1.55. The molecule has 1 N–H and O–H groups in total. The summed E-state index contributed by atoms with van der Waals surface area (Å²) in [6, 6.07) is 3.38. The molecule has 72 valence electrons. The number of methoxy groups -OCH3 is 1. The fourth-order valence-corrected chi connectivity index (χ4v) is 1.54. The summed E-state index contributed by atoms with van der Waals surface area (Å²) < 4.78 is 5.11. The Balaban J connectivity index is 2.88. The summed E-state index contributed by atoms with van der Waals surface area (Å²) in [5, 5.41) is 7.64. The number of nitrogens with one attached hydrogen (secondary N) is 1.